The topological polar surface area (TPSA) is 71.3 Å². The number of carbonyl (C=O) groups is 1. The van der Waals surface area contributed by atoms with Crippen molar-refractivity contribution in [3.63, 3.8) is 0 Å². The van der Waals surface area contributed by atoms with E-state index in [1.807, 2.05) is 31.2 Å². The molecular formula is C18H15F3N4O2S. The van der Waals surface area contributed by atoms with Crippen LogP contribution in [-0.4, -0.2) is 27.6 Å². The van der Waals surface area contributed by atoms with Gasteiger partial charge in [0.25, 0.3) is 0 Å². The van der Waals surface area contributed by atoms with E-state index in [0.29, 0.717) is 30.1 Å². The predicted molar refractivity (Wildman–Crippen MR) is 96.9 cm³/mol. The number of amides is 2. The normalized spacial score (nSPS) is 14.1. The summed E-state index contributed by atoms with van der Waals surface area (Å²) in [5.74, 6) is -1.46. The standard InChI is InChI=1S/C18H15F3N4O2S/c1-10-2-4-12(5-3-10)22-17(26)25-7-6-11-8-13(28-14(11)9-25)15-23-16(27-24-15)18(19,20)21/h2-5,8H,6-7,9H2,1H3,(H,22,26). The lowest BCUT2D eigenvalue weighted by Gasteiger charge is -2.27. The van der Waals surface area contributed by atoms with Gasteiger partial charge in [-0.3, -0.25) is 0 Å². The lowest BCUT2D eigenvalue weighted by Crippen LogP contribution is -2.38. The first-order valence-corrected chi connectivity index (χ1v) is 9.27. The molecule has 2 aromatic heterocycles. The molecule has 6 nitrogen and oxygen atoms in total. The molecule has 0 aliphatic carbocycles. The molecule has 2 amide bonds. The first-order chi connectivity index (χ1) is 13.3. The Hall–Kier alpha value is -2.88. The highest BCUT2D eigenvalue weighted by Crippen LogP contribution is 2.35. The first kappa shape index (κ1) is 18.5. The number of nitrogens with zero attached hydrogens (tertiary/aromatic N) is 3. The Morgan fingerprint density at radius 2 is 2.04 bits per heavy atom. The second-order valence-corrected chi connectivity index (χ2v) is 7.58. The lowest BCUT2D eigenvalue weighted by molar-refractivity contribution is -0.159. The van der Waals surface area contributed by atoms with E-state index < -0.39 is 12.1 Å². The van der Waals surface area contributed by atoms with Crippen molar-refractivity contribution in [2.75, 3.05) is 11.9 Å². The van der Waals surface area contributed by atoms with Gasteiger partial charge in [-0.15, -0.1) is 11.3 Å². The zero-order valence-corrected chi connectivity index (χ0v) is 15.5. The van der Waals surface area contributed by atoms with Crippen LogP contribution in [0.4, 0.5) is 23.7 Å². The van der Waals surface area contributed by atoms with Gasteiger partial charge in [0.2, 0.25) is 5.82 Å². The van der Waals surface area contributed by atoms with Gasteiger partial charge in [0.1, 0.15) is 0 Å². The van der Waals surface area contributed by atoms with Crippen LogP contribution in [0.25, 0.3) is 10.7 Å². The Balaban J connectivity index is 1.48. The van der Waals surface area contributed by atoms with Crippen molar-refractivity contribution in [2.24, 2.45) is 0 Å². The van der Waals surface area contributed by atoms with E-state index in [1.165, 1.54) is 11.3 Å². The maximum Gasteiger partial charge on any atom is 0.471 e. The summed E-state index contributed by atoms with van der Waals surface area (Å²) in [5, 5.41) is 6.28. The SMILES string of the molecule is Cc1ccc(NC(=O)N2CCc3cc(-c4noc(C(F)(F)F)n4)sc3C2)cc1. The predicted octanol–water partition coefficient (Wildman–Crippen LogP) is 4.72. The molecule has 0 spiro atoms. The number of aryl methyl sites for hydroxylation is 1. The summed E-state index contributed by atoms with van der Waals surface area (Å²) in [7, 11) is 0. The highest BCUT2D eigenvalue weighted by Gasteiger charge is 2.38. The average molecular weight is 408 g/mol. The molecule has 1 N–H and O–H groups in total. The third kappa shape index (κ3) is 3.72. The van der Waals surface area contributed by atoms with Crippen LogP contribution < -0.4 is 5.32 Å². The number of hydrogen-bond donors (Lipinski definition) is 1. The number of thiophene rings is 1. The minimum absolute atomic E-state index is 0.0950. The van der Waals surface area contributed by atoms with E-state index in [0.717, 1.165) is 16.0 Å². The number of urea groups is 1. The molecule has 1 aliphatic rings. The molecule has 0 unspecified atom stereocenters. The molecule has 0 fully saturated rings. The number of aromatic nitrogens is 2. The fraction of sp³-hybridized carbons (Fsp3) is 0.278. The van der Waals surface area contributed by atoms with Gasteiger partial charge in [-0.1, -0.05) is 22.9 Å². The van der Waals surface area contributed by atoms with Crippen LogP contribution in [0.5, 0.6) is 0 Å². The summed E-state index contributed by atoms with van der Waals surface area (Å²) in [4.78, 5) is 19.0. The summed E-state index contributed by atoms with van der Waals surface area (Å²) in [6.45, 7) is 2.86. The van der Waals surface area contributed by atoms with E-state index in [1.54, 1.807) is 11.0 Å². The smallest absolute Gasteiger partial charge is 0.329 e. The molecule has 0 bridgehead atoms. The summed E-state index contributed by atoms with van der Waals surface area (Å²) in [5.41, 5.74) is 2.79. The molecular weight excluding hydrogens is 393 g/mol. The first-order valence-electron chi connectivity index (χ1n) is 8.45. The van der Waals surface area contributed by atoms with Gasteiger partial charge in [-0.05, 0) is 37.1 Å². The molecule has 3 aromatic rings. The van der Waals surface area contributed by atoms with Crippen LogP contribution in [0.15, 0.2) is 34.9 Å². The third-order valence-electron chi connectivity index (χ3n) is 4.36. The number of nitrogens with one attached hydrogen (secondary N) is 1. The van der Waals surface area contributed by atoms with Gasteiger partial charge in [-0.2, -0.15) is 18.2 Å². The zero-order chi connectivity index (χ0) is 19.9. The Morgan fingerprint density at radius 1 is 1.29 bits per heavy atom. The van der Waals surface area contributed by atoms with E-state index in [9.17, 15) is 18.0 Å². The summed E-state index contributed by atoms with van der Waals surface area (Å²) >= 11 is 1.27. The molecule has 4 rings (SSSR count). The summed E-state index contributed by atoms with van der Waals surface area (Å²) < 4.78 is 42.2. The van der Waals surface area contributed by atoms with Gasteiger partial charge in [0, 0.05) is 17.1 Å². The Labute approximate surface area is 162 Å². The van der Waals surface area contributed by atoms with Crippen LogP contribution >= 0.6 is 11.3 Å². The minimum Gasteiger partial charge on any atom is -0.329 e. The number of carbonyl (C=O) groups excluding carboxylic acids is 1. The van der Waals surface area contributed by atoms with Crippen LogP contribution in [0.2, 0.25) is 0 Å². The third-order valence-corrected chi connectivity index (χ3v) is 5.52. The van der Waals surface area contributed by atoms with E-state index >= 15 is 0 Å². The zero-order valence-electron chi connectivity index (χ0n) is 14.7. The average Bonchev–Trinajstić information content (AvgIpc) is 3.29. The maximum atomic E-state index is 12.6. The monoisotopic (exact) mass is 408 g/mol. The number of fused-ring (bicyclic) bond motifs is 1. The second kappa shape index (κ2) is 6.93. The van der Waals surface area contributed by atoms with Crippen LogP contribution in [0.1, 0.15) is 21.9 Å². The fourth-order valence-electron chi connectivity index (χ4n) is 2.88. The second-order valence-electron chi connectivity index (χ2n) is 6.45. The van der Waals surface area contributed by atoms with E-state index in [2.05, 4.69) is 20.0 Å². The number of benzene rings is 1. The largest absolute Gasteiger partial charge is 0.471 e. The van der Waals surface area contributed by atoms with E-state index in [4.69, 9.17) is 0 Å². The van der Waals surface area contributed by atoms with Crippen LogP contribution in [0, 0.1) is 6.92 Å². The van der Waals surface area contributed by atoms with Crippen molar-refractivity contribution < 1.29 is 22.5 Å². The molecule has 1 aliphatic heterocycles. The molecule has 10 heteroatoms. The van der Waals surface area contributed by atoms with Crippen molar-refractivity contribution in [2.45, 2.75) is 26.1 Å². The molecule has 1 aromatic carbocycles. The Kier molecular flexibility index (Phi) is 4.58. The lowest BCUT2D eigenvalue weighted by atomic mass is 10.1. The van der Waals surface area contributed by atoms with E-state index in [-0.39, 0.29) is 11.9 Å². The molecule has 28 heavy (non-hydrogen) atoms. The molecule has 0 atom stereocenters. The summed E-state index contributed by atoms with van der Waals surface area (Å²) in [6.07, 6.45) is -4.07. The van der Waals surface area contributed by atoms with Crippen LogP contribution in [-0.2, 0) is 19.1 Å². The molecule has 146 valence electrons. The van der Waals surface area contributed by atoms with Crippen molar-refractivity contribution in [3.05, 3.63) is 52.2 Å². The highest BCUT2D eigenvalue weighted by atomic mass is 32.1. The van der Waals surface area contributed by atoms with Crippen molar-refractivity contribution in [1.29, 1.82) is 0 Å². The number of halogens is 3. The molecule has 3 heterocycles. The highest BCUT2D eigenvalue weighted by molar-refractivity contribution is 7.15. The van der Waals surface area contributed by atoms with Gasteiger partial charge in [0.15, 0.2) is 0 Å². The fourth-order valence-corrected chi connectivity index (χ4v) is 4.03. The van der Waals surface area contributed by atoms with Crippen molar-refractivity contribution in [3.8, 4) is 10.7 Å². The number of anilines is 1. The van der Waals surface area contributed by atoms with Gasteiger partial charge in [0.05, 0.1) is 11.4 Å². The Bertz CT molecular complexity index is 1010. The molecule has 0 saturated carbocycles. The molecule has 0 radical (unpaired) electrons. The van der Waals surface area contributed by atoms with Gasteiger partial charge < -0.3 is 14.7 Å². The summed E-state index contributed by atoms with van der Waals surface area (Å²) in [6, 6.07) is 9.04. The van der Waals surface area contributed by atoms with Gasteiger partial charge in [-0.25, -0.2) is 4.79 Å². The molecule has 0 saturated heterocycles. The van der Waals surface area contributed by atoms with Crippen LogP contribution in [0.3, 0.4) is 0 Å². The van der Waals surface area contributed by atoms with Crippen molar-refractivity contribution in [1.82, 2.24) is 15.0 Å². The number of hydrogen-bond acceptors (Lipinski definition) is 5. The number of alkyl halides is 3. The van der Waals surface area contributed by atoms with Gasteiger partial charge >= 0.3 is 18.1 Å². The van der Waals surface area contributed by atoms with Crippen molar-refractivity contribution >= 4 is 23.1 Å². The Morgan fingerprint density at radius 3 is 2.71 bits per heavy atom. The number of rotatable bonds is 2. The minimum atomic E-state index is -4.67. The maximum absolute atomic E-state index is 12.6. The quantitative estimate of drug-likeness (QED) is 0.666.